The number of hydrogen-bond donors (Lipinski definition) is 1. The van der Waals surface area contributed by atoms with Gasteiger partial charge in [-0.15, -0.1) is 0 Å². The van der Waals surface area contributed by atoms with Gasteiger partial charge in [0, 0.05) is 24.4 Å². The number of rotatable bonds is 3. The van der Waals surface area contributed by atoms with E-state index >= 15 is 0 Å². The zero-order chi connectivity index (χ0) is 9.90. The molecule has 4 heteroatoms. The molecule has 0 aliphatic rings. The molecule has 3 nitrogen and oxygen atoms in total. The van der Waals surface area contributed by atoms with Gasteiger partial charge in [-0.3, -0.25) is 0 Å². The summed E-state index contributed by atoms with van der Waals surface area (Å²) in [5.74, 6) is 0.849. The molecular formula is C9H14BrN3. The van der Waals surface area contributed by atoms with Gasteiger partial charge in [0.15, 0.2) is 0 Å². The van der Waals surface area contributed by atoms with E-state index in [1.165, 1.54) is 0 Å². The number of halogens is 1. The lowest BCUT2D eigenvalue weighted by atomic mass is 10.00. The summed E-state index contributed by atoms with van der Waals surface area (Å²) in [7, 11) is 0. The Balaban J connectivity index is 2.51. The summed E-state index contributed by atoms with van der Waals surface area (Å²) in [6, 6.07) is 0. The Morgan fingerprint density at radius 1 is 1.38 bits per heavy atom. The van der Waals surface area contributed by atoms with E-state index in [0.29, 0.717) is 0 Å². The highest BCUT2D eigenvalue weighted by Crippen LogP contribution is 2.09. The first kappa shape index (κ1) is 10.6. The van der Waals surface area contributed by atoms with Gasteiger partial charge in [0.25, 0.3) is 0 Å². The number of nitrogens with two attached hydrogens (primary N) is 1. The highest BCUT2D eigenvalue weighted by Gasteiger charge is 2.11. The maximum absolute atomic E-state index is 5.85. The Morgan fingerprint density at radius 3 is 2.38 bits per heavy atom. The molecule has 0 fully saturated rings. The van der Waals surface area contributed by atoms with Gasteiger partial charge in [0.2, 0.25) is 0 Å². The maximum Gasteiger partial charge on any atom is 0.128 e. The lowest BCUT2D eigenvalue weighted by Crippen LogP contribution is -2.32. The summed E-state index contributed by atoms with van der Waals surface area (Å²) in [6.45, 7) is 4.01. The lowest BCUT2D eigenvalue weighted by Gasteiger charge is -2.17. The van der Waals surface area contributed by atoms with Crippen LogP contribution in [0.3, 0.4) is 0 Å². The largest absolute Gasteiger partial charge is 0.326 e. The molecule has 0 aromatic carbocycles. The molecule has 0 unspecified atom stereocenters. The van der Waals surface area contributed by atoms with Crippen LogP contribution >= 0.6 is 15.9 Å². The quantitative estimate of drug-likeness (QED) is 0.883. The van der Waals surface area contributed by atoms with E-state index < -0.39 is 0 Å². The minimum absolute atomic E-state index is 0.142. The van der Waals surface area contributed by atoms with Gasteiger partial charge >= 0.3 is 0 Å². The molecule has 2 N–H and O–H groups in total. The van der Waals surface area contributed by atoms with Crippen molar-refractivity contribution < 1.29 is 0 Å². The molecule has 0 saturated heterocycles. The number of nitrogens with zero attached hydrogens (tertiary/aromatic N) is 2. The van der Waals surface area contributed by atoms with Crippen LogP contribution in [0.4, 0.5) is 0 Å². The van der Waals surface area contributed by atoms with E-state index in [9.17, 15) is 0 Å². The molecule has 13 heavy (non-hydrogen) atoms. The molecule has 0 bridgehead atoms. The van der Waals surface area contributed by atoms with E-state index in [4.69, 9.17) is 5.73 Å². The second-order valence-corrected chi connectivity index (χ2v) is 4.72. The van der Waals surface area contributed by atoms with Gasteiger partial charge in [0.05, 0.1) is 4.47 Å². The van der Waals surface area contributed by atoms with Crippen molar-refractivity contribution in [1.29, 1.82) is 0 Å². The van der Waals surface area contributed by atoms with Crippen molar-refractivity contribution in [3.05, 3.63) is 22.7 Å². The van der Waals surface area contributed by atoms with Crippen LogP contribution in [-0.2, 0) is 6.42 Å². The van der Waals surface area contributed by atoms with Crippen LogP contribution < -0.4 is 5.73 Å². The van der Waals surface area contributed by atoms with Gasteiger partial charge in [-0.2, -0.15) is 0 Å². The minimum atomic E-state index is -0.142. The SMILES string of the molecule is CC(C)(N)CCc1ncc(Br)cn1. The Kier molecular flexibility index (Phi) is 3.39. The number of aromatic nitrogens is 2. The third-order valence-electron chi connectivity index (χ3n) is 1.67. The van der Waals surface area contributed by atoms with Gasteiger partial charge in [-0.1, -0.05) is 0 Å². The van der Waals surface area contributed by atoms with Crippen LogP contribution in [0.5, 0.6) is 0 Å². The number of aryl methyl sites for hydroxylation is 1. The summed E-state index contributed by atoms with van der Waals surface area (Å²) >= 11 is 3.29. The molecule has 1 aromatic rings. The molecular weight excluding hydrogens is 230 g/mol. The molecule has 1 rings (SSSR count). The molecule has 0 atom stereocenters. The number of hydrogen-bond acceptors (Lipinski definition) is 3. The fourth-order valence-corrected chi connectivity index (χ4v) is 1.11. The first-order chi connectivity index (χ1) is 5.97. The topological polar surface area (TPSA) is 51.8 Å². The second kappa shape index (κ2) is 4.15. The fourth-order valence-electron chi connectivity index (χ4n) is 0.902. The summed E-state index contributed by atoms with van der Waals surface area (Å²) in [4.78, 5) is 8.34. The average Bonchev–Trinajstić information content (AvgIpc) is 2.02. The predicted octanol–water partition coefficient (Wildman–Crippen LogP) is 1.91. The van der Waals surface area contributed by atoms with Crippen LogP contribution in [0.2, 0.25) is 0 Å². The van der Waals surface area contributed by atoms with Crippen molar-refractivity contribution in [3.8, 4) is 0 Å². The molecule has 0 spiro atoms. The minimum Gasteiger partial charge on any atom is -0.326 e. The molecule has 0 aliphatic carbocycles. The third kappa shape index (κ3) is 4.33. The monoisotopic (exact) mass is 243 g/mol. The van der Waals surface area contributed by atoms with Crippen LogP contribution in [0.1, 0.15) is 26.1 Å². The van der Waals surface area contributed by atoms with Gasteiger partial charge < -0.3 is 5.73 Å². The van der Waals surface area contributed by atoms with Crippen LogP contribution in [0, 0.1) is 0 Å². The third-order valence-corrected chi connectivity index (χ3v) is 2.08. The van der Waals surface area contributed by atoms with Crippen molar-refractivity contribution in [2.24, 2.45) is 5.73 Å². The Hall–Kier alpha value is -0.480. The first-order valence-electron chi connectivity index (χ1n) is 4.23. The predicted molar refractivity (Wildman–Crippen MR) is 56.3 cm³/mol. The normalized spacial score (nSPS) is 11.7. The lowest BCUT2D eigenvalue weighted by molar-refractivity contribution is 0.471. The Bertz CT molecular complexity index is 263. The smallest absolute Gasteiger partial charge is 0.128 e. The Morgan fingerprint density at radius 2 is 1.92 bits per heavy atom. The van der Waals surface area contributed by atoms with Gasteiger partial charge in [0.1, 0.15) is 5.82 Å². The molecule has 0 aliphatic heterocycles. The van der Waals surface area contributed by atoms with E-state index in [0.717, 1.165) is 23.1 Å². The van der Waals surface area contributed by atoms with E-state index in [1.807, 2.05) is 13.8 Å². The molecule has 72 valence electrons. The van der Waals surface area contributed by atoms with E-state index in [1.54, 1.807) is 12.4 Å². The van der Waals surface area contributed by atoms with Crippen LogP contribution in [0.15, 0.2) is 16.9 Å². The second-order valence-electron chi connectivity index (χ2n) is 3.81. The molecule has 0 radical (unpaired) electrons. The van der Waals surface area contributed by atoms with Crippen LogP contribution in [-0.4, -0.2) is 15.5 Å². The fraction of sp³-hybridized carbons (Fsp3) is 0.556. The zero-order valence-electron chi connectivity index (χ0n) is 7.92. The van der Waals surface area contributed by atoms with E-state index in [2.05, 4.69) is 25.9 Å². The van der Waals surface area contributed by atoms with Crippen LogP contribution in [0.25, 0.3) is 0 Å². The van der Waals surface area contributed by atoms with Crippen molar-refractivity contribution in [2.45, 2.75) is 32.2 Å². The van der Waals surface area contributed by atoms with E-state index in [-0.39, 0.29) is 5.54 Å². The molecule has 1 heterocycles. The highest BCUT2D eigenvalue weighted by atomic mass is 79.9. The average molecular weight is 244 g/mol. The highest BCUT2D eigenvalue weighted by molar-refractivity contribution is 9.10. The molecule has 0 amide bonds. The standard InChI is InChI=1S/C9H14BrN3/c1-9(2,11)4-3-8-12-5-7(10)6-13-8/h5-6H,3-4,11H2,1-2H3. The van der Waals surface area contributed by atoms with Crippen molar-refractivity contribution in [1.82, 2.24) is 9.97 Å². The summed E-state index contributed by atoms with van der Waals surface area (Å²) in [5, 5.41) is 0. The summed E-state index contributed by atoms with van der Waals surface area (Å²) in [6.07, 6.45) is 5.24. The first-order valence-corrected chi connectivity index (χ1v) is 5.02. The molecule has 0 saturated carbocycles. The van der Waals surface area contributed by atoms with Gasteiger partial charge in [-0.05, 0) is 36.2 Å². The maximum atomic E-state index is 5.85. The van der Waals surface area contributed by atoms with Crippen molar-refractivity contribution >= 4 is 15.9 Å². The van der Waals surface area contributed by atoms with Crippen molar-refractivity contribution in [3.63, 3.8) is 0 Å². The van der Waals surface area contributed by atoms with Crippen molar-refractivity contribution in [2.75, 3.05) is 0 Å². The molecule has 1 aromatic heterocycles. The van der Waals surface area contributed by atoms with Gasteiger partial charge in [-0.25, -0.2) is 9.97 Å². The summed E-state index contributed by atoms with van der Waals surface area (Å²) < 4.78 is 0.906. The Labute approximate surface area is 86.9 Å². The summed E-state index contributed by atoms with van der Waals surface area (Å²) in [5.41, 5.74) is 5.71. The zero-order valence-corrected chi connectivity index (χ0v) is 9.50.